The predicted molar refractivity (Wildman–Crippen MR) is 67.9 cm³/mol. The summed E-state index contributed by atoms with van der Waals surface area (Å²) in [6.07, 6.45) is 3.31. The number of rotatable bonds is 4. The van der Waals surface area contributed by atoms with Gasteiger partial charge in [0.1, 0.15) is 0 Å². The minimum atomic E-state index is -0.0190. The lowest BCUT2D eigenvalue weighted by atomic mass is 9.96. The second kappa shape index (κ2) is 5.19. The molecule has 1 aromatic heterocycles. The summed E-state index contributed by atoms with van der Waals surface area (Å²) in [6.45, 7) is 7.04. The van der Waals surface area contributed by atoms with Gasteiger partial charge in [0.15, 0.2) is 0 Å². The zero-order valence-electron chi connectivity index (χ0n) is 11.1. The van der Waals surface area contributed by atoms with Gasteiger partial charge in [-0.15, -0.1) is 0 Å². The Balaban J connectivity index is 1.94. The molecule has 17 heavy (non-hydrogen) atoms. The van der Waals surface area contributed by atoms with Crippen LogP contribution in [0.25, 0.3) is 0 Å². The first-order chi connectivity index (χ1) is 8.13. The highest BCUT2D eigenvalue weighted by Gasteiger charge is 2.27. The second-order valence-corrected chi connectivity index (χ2v) is 5.12. The maximum atomic E-state index is 6.07. The van der Waals surface area contributed by atoms with Gasteiger partial charge in [-0.1, -0.05) is 6.92 Å². The SMILES string of the molecule is CCc1cc(COC2(C)CCCNC2)n(C)n1. The summed E-state index contributed by atoms with van der Waals surface area (Å²) in [5.74, 6) is 0. The van der Waals surface area contributed by atoms with Crippen molar-refractivity contribution in [1.29, 1.82) is 0 Å². The lowest BCUT2D eigenvalue weighted by molar-refractivity contribution is -0.0592. The van der Waals surface area contributed by atoms with Crippen molar-refractivity contribution in [1.82, 2.24) is 15.1 Å². The highest BCUT2D eigenvalue weighted by atomic mass is 16.5. The van der Waals surface area contributed by atoms with Crippen molar-refractivity contribution in [3.8, 4) is 0 Å². The van der Waals surface area contributed by atoms with E-state index in [2.05, 4.69) is 30.3 Å². The molecule has 2 heterocycles. The molecular weight excluding hydrogens is 214 g/mol. The molecule has 2 rings (SSSR count). The van der Waals surface area contributed by atoms with Crippen molar-refractivity contribution in [3.63, 3.8) is 0 Å². The maximum absolute atomic E-state index is 6.07. The van der Waals surface area contributed by atoms with Crippen molar-refractivity contribution >= 4 is 0 Å². The molecule has 4 heteroatoms. The summed E-state index contributed by atoms with van der Waals surface area (Å²) in [5, 5.41) is 7.83. The fraction of sp³-hybridized carbons (Fsp3) is 0.769. The molecule has 1 unspecified atom stereocenters. The van der Waals surface area contributed by atoms with Crippen LogP contribution in [0.1, 0.15) is 38.1 Å². The molecule has 1 saturated heterocycles. The number of aryl methyl sites for hydroxylation is 2. The van der Waals surface area contributed by atoms with Crippen LogP contribution in [0, 0.1) is 0 Å². The van der Waals surface area contributed by atoms with E-state index in [1.807, 2.05) is 11.7 Å². The van der Waals surface area contributed by atoms with Crippen molar-refractivity contribution in [3.05, 3.63) is 17.5 Å². The van der Waals surface area contributed by atoms with Gasteiger partial charge in [0.25, 0.3) is 0 Å². The van der Waals surface area contributed by atoms with Crippen LogP contribution in [0.4, 0.5) is 0 Å². The van der Waals surface area contributed by atoms with E-state index in [-0.39, 0.29) is 5.60 Å². The Morgan fingerprint density at radius 3 is 3.00 bits per heavy atom. The Bertz CT molecular complexity index is 367. The smallest absolute Gasteiger partial charge is 0.0892 e. The van der Waals surface area contributed by atoms with Gasteiger partial charge in [-0.2, -0.15) is 5.10 Å². The van der Waals surface area contributed by atoms with Gasteiger partial charge in [0.2, 0.25) is 0 Å². The number of aromatic nitrogens is 2. The van der Waals surface area contributed by atoms with Crippen LogP contribution >= 0.6 is 0 Å². The third kappa shape index (κ3) is 3.07. The first-order valence-electron chi connectivity index (χ1n) is 6.49. The van der Waals surface area contributed by atoms with E-state index in [0.29, 0.717) is 6.61 Å². The number of piperidine rings is 1. The minimum Gasteiger partial charge on any atom is -0.368 e. The standard InChI is InChI=1S/C13H23N3O/c1-4-11-8-12(16(3)15-11)9-17-13(2)6-5-7-14-10-13/h8,14H,4-7,9-10H2,1-3H3. The highest BCUT2D eigenvalue weighted by Crippen LogP contribution is 2.21. The van der Waals surface area contributed by atoms with E-state index < -0.39 is 0 Å². The largest absolute Gasteiger partial charge is 0.368 e. The van der Waals surface area contributed by atoms with Gasteiger partial charge in [0.05, 0.1) is 23.6 Å². The molecule has 96 valence electrons. The molecule has 0 amide bonds. The Hall–Kier alpha value is -0.870. The first kappa shape index (κ1) is 12.6. The third-order valence-electron chi connectivity index (χ3n) is 3.52. The zero-order chi connectivity index (χ0) is 12.3. The molecule has 1 aliphatic rings. The van der Waals surface area contributed by atoms with E-state index >= 15 is 0 Å². The summed E-state index contributed by atoms with van der Waals surface area (Å²) < 4.78 is 8.00. The molecule has 1 aromatic rings. The summed E-state index contributed by atoms with van der Waals surface area (Å²) in [4.78, 5) is 0. The molecule has 1 N–H and O–H groups in total. The fourth-order valence-electron chi connectivity index (χ4n) is 2.28. The van der Waals surface area contributed by atoms with E-state index in [1.54, 1.807) is 0 Å². The van der Waals surface area contributed by atoms with Crippen molar-refractivity contribution in [2.75, 3.05) is 13.1 Å². The molecule has 0 aliphatic carbocycles. The lowest BCUT2D eigenvalue weighted by Crippen LogP contribution is -2.45. The third-order valence-corrected chi connectivity index (χ3v) is 3.52. The first-order valence-corrected chi connectivity index (χ1v) is 6.49. The Morgan fingerprint density at radius 2 is 2.41 bits per heavy atom. The van der Waals surface area contributed by atoms with Crippen molar-refractivity contribution in [2.45, 2.75) is 45.3 Å². The van der Waals surface area contributed by atoms with Crippen LogP contribution in [0.3, 0.4) is 0 Å². The average molecular weight is 237 g/mol. The minimum absolute atomic E-state index is 0.0190. The molecular formula is C13H23N3O. The number of ether oxygens (including phenoxy) is 1. The van der Waals surface area contributed by atoms with E-state index in [1.165, 1.54) is 6.42 Å². The summed E-state index contributed by atoms with van der Waals surface area (Å²) in [5.41, 5.74) is 2.28. The van der Waals surface area contributed by atoms with Crippen LogP contribution in [0.5, 0.6) is 0 Å². The lowest BCUT2D eigenvalue weighted by Gasteiger charge is -2.34. The quantitative estimate of drug-likeness (QED) is 0.865. The van der Waals surface area contributed by atoms with Gasteiger partial charge in [-0.25, -0.2) is 0 Å². The molecule has 0 aromatic carbocycles. The van der Waals surface area contributed by atoms with Crippen LogP contribution < -0.4 is 5.32 Å². The summed E-state index contributed by atoms with van der Waals surface area (Å²) in [6, 6.07) is 2.14. The summed E-state index contributed by atoms with van der Waals surface area (Å²) in [7, 11) is 1.99. The molecule has 0 bridgehead atoms. The number of hydrogen-bond donors (Lipinski definition) is 1. The van der Waals surface area contributed by atoms with Crippen LogP contribution in [-0.2, 0) is 24.8 Å². The van der Waals surface area contributed by atoms with Gasteiger partial charge >= 0.3 is 0 Å². The maximum Gasteiger partial charge on any atom is 0.0892 e. The normalized spacial score (nSPS) is 25.1. The molecule has 0 saturated carbocycles. The Morgan fingerprint density at radius 1 is 1.59 bits per heavy atom. The molecule has 0 radical (unpaired) electrons. The molecule has 0 spiro atoms. The van der Waals surface area contributed by atoms with Crippen molar-refractivity contribution < 1.29 is 4.74 Å². The monoisotopic (exact) mass is 237 g/mol. The van der Waals surface area contributed by atoms with Crippen LogP contribution in [0.2, 0.25) is 0 Å². The Kier molecular flexibility index (Phi) is 3.84. The number of nitrogens with one attached hydrogen (secondary N) is 1. The molecule has 1 aliphatic heterocycles. The molecule has 1 atom stereocenters. The van der Waals surface area contributed by atoms with Gasteiger partial charge in [0, 0.05) is 13.6 Å². The highest BCUT2D eigenvalue weighted by molar-refractivity contribution is 5.09. The Labute approximate surface area is 103 Å². The topological polar surface area (TPSA) is 39.1 Å². The summed E-state index contributed by atoms with van der Waals surface area (Å²) >= 11 is 0. The van der Waals surface area contributed by atoms with E-state index in [9.17, 15) is 0 Å². The molecule has 4 nitrogen and oxygen atoms in total. The van der Waals surface area contributed by atoms with Gasteiger partial charge < -0.3 is 10.1 Å². The fourth-order valence-corrected chi connectivity index (χ4v) is 2.28. The number of hydrogen-bond acceptors (Lipinski definition) is 3. The zero-order valence-corrected chi connectivity index (χ0v) is 11.1. The molecule has 1 fully saturated rings. The van der Waals surface area contributed by atoms with Gasteiger partial charge in [-0.3, -0.25) is 4.68 Å². The number of nitrogens with zero attached hydrogens (tertiary/aromatic N) is 2. The van der Waals surface area contributed by atoms with E-state index in [0.717, 1.165) is 37.3 Å². The van der Waals surface area contributed by atoms with Crippen LogP contribution in [-0.4, -0.2) is 28.5 Å². The second-order valence-electron chi connectivity index (χ2n) is 5.12. The average Bonchev–Trinajstić information content (AvgIpc) is 2.69. The van der Waals surface area contributed by atoms with Crippen LogP contribution in [0.15, 0.2) is 6.07 Å². The van der Waals surface area contributed by atoms with Crippen molar-refractivity contribution in [2.24, 2.45) is 7.05 Å². The predicted octanol–water partition coefficient (Wildman–Crippen LogP) is 1.64. The van der Waals surface area contributed by atoms with Gasteiger partial charge in [-0.05, 0) is 38.8 Å². The van der Waals surface area contributed by atoms with E-state index in [4.69, 9.17) is 4.74 Å².